The first kappa shape index (κ1) is 14.0. The van der Waals surface area contributed by atoms with E-state index in [9.17, 15) is 12.8 Å². The standard InChI is InChI=1S/C12H12ClFN2O2S/c1-16-9(5-6-15-16)7-19(17,18)8-10-11(13)3-2-4-12(10)14/h2-6H,7-8H2,1H3. The molecule has 102 valence electrons. The highest BCUT2D eigenvalue weighted by atomic mass is 35.5. The monoisotopic (exact) mass is 302 g/mol. The Morgan fingerprint density at radius 3 is 2.63 bits per heavy atom. The van der Waals surface area contributed by atoms with Gasteiger partial charge >= 0.3 is 0 Å². The summed E-state index contributed by atoms with van der Waals surface area (Å²) in [5.74, 6) is -1.24. The van der Waals surface area contributed by atoms with Crippen LogP contribution in [0.1, 0.15) is 11.3 Å². The lowest BCUT2D eigenvalue weighted by molar-refractivity contribution is 0.583. The maximum atomic E-state index is 13.6. The number of hydrogen-bond acceptors (Lipinski definition) is 3. The minimum absolute atomic E-state index is 0.00587. The minimum Gasteiger partial charge on any atom is -0.272 e. The minimum atomic E-state index is -3.51. The number of nitrogens with zero attached hydrogens (tertiary/aromatic N) is 2. The smallest absolute Gasteiger partial charge is 0.160 e. The summed E-state index contributed by atoms with van der Waals surface area (Å²) in [5, 5.41) is 4.01. The van der Waals surface area contributed by atoms with Gasteiger partial charge in [-0.15, -0.1) is 0 Å². The van der Waals surface area contributed by atoms with Crippen molar-refractivity contribution in [2.75, 3.05) is 0 Å². The molecule has 0 aliphatic carbocycles. The van der Waals surface area contributed by atoms with Gasteiger partial charge in [0.05, 0.1) is 17.2 Å². The molecule has 0 atom stereocenters. The first-order valence-electron chi connectivity index (χ1n) is 5.49. The molecule has 4 nitrogen and oxygen atoms in total. The molecule has 1 aromatic carbocycles. The van der Waals surface area contributed by atoms with E-state index in [0.29, 0.717) is 5.69 Å². The Morgan fingerprint density at radius 1 is 1.32 bits per heavy atom. The van der Waals surface area contributed by atoms with Crippen LogP contribution in [0.2, 0.25) is 5.02 Å². The molecule has 1 aromatic heterocycles. The largest absolute Gasteiger partial charge is 0.272 e. The normalized spacial score (nSPS) is 11.7. The number of aryl methyl sites for hydroxylation is 1. The third-order valence-electron chi connectivity index (χ3n) is 2.72. The zero-order valence-electron chi connectivity index (χ0n) is 10.2. The van der Waals surface area contributed by atoms with Gasteiger partial charge in [0.2, 0.25) is 0 Å². The Bertz CT molecular complexity index is 677. The van der Waals surface area contributed by atoms with Crippen molar-refractivity contribution in [3.8, 4) is 0 Å². The highest BCUT2D eigenvalue weighted by molar-refractivity contribution is 7.89. The van der Waals surface area contributed by atoms with Crippen molar-refractivity contribution < 1.29 is 12.8 Å². The van der Waals surface area contributed by atoms with Crippen molar-refractivity contribution >= 4 is 21.4 Å². The molecule has 0 radical (unpaired) electrons. The van der Waals surface area contributed by atoms with Gasteiger partial charge in [-0.25, -0.2) is 12.8 Å². The summed E-state index contributed by atoms with van der Waals surface area (Å²) in [6.45, 7) is 0. The highest BCUT2D eigenvalue weighted by Gasteiger charge is 2.19. The van der Waals surface area contributed by atoms with Gasteiger partial charge in [-0.2, -0.15) is 5.10 Å². The van der Waals surface area contributed by atoms with E-state index in [2.05, 4.69) is 5.10 Å². The second kappa shape index (κ2) is 5.30. The molecule has 19 heavy (non-hydrogen) atoms. The Balaban J connectivity index is 2.25. The van der Waals surface area contributed by atoms with E-state index in [1.165, 1.54) is 29.1 Å². The third kappa shape index (κ3) is 3.33. The molecule has 0 aliphatic rings. The quantitative estimate of drug-likeness (QED) is 0.871. The fourth-order valence-electron chi connectivity index (χ4n) is 1.71. The van der Waals surface area contributed by atoms with Gasteiger partial charge in [-0.3, -0.25) is 4.68 Å². The van der Waals surface area contributed by atoms with Crippen molar-refractivity contribution in [1.29, 1.82) is 0 Å². The number of hydrogen-bond donors (Lipinski definition) is 0. The lowest BCUT2D eigenvalue weighted by atomic mass is 10.2. The van der Waals surface area contributed by atoms with E-state index in [1.54, 1.807) is 13.1 Å². The second-order valence-corrected chi connectivity index (χ2v) is 6.65. The van der Waals surface area contributed by atoms with E-state index >= 15 is 0 Å². The van der Waals surface area contributed by atoms with Gasteiger partial charge in [0.25, 0.3) is 0 Å². The number of sulfone groups is 1. The van der Waals surface area contributed by atoms with Crippen LogP contribution < -0.4 is 0 Å². The summed E-state index contributed by atoms with van der Waals surface area (Å²) in [7, 11) is -1.86. The van der Waals surface area contributed by atoms with Gasteiger partial charge in [0.15, 0.2) is 9.84 Å². The van der Waals surface area contributed by atoms with Gasteiger partial charge in [0.1, 0.15) is 5.82 Å². The van der Waals surface area contributed by atoms with Crippen LogP contribution in [0.4, 0.5) is 4.39 Å². The van der Waals surface area contributed by atoms with Gasteiger partial charge < -0.3 is 0 Å². The first-order valence-corrected chi connectivity index (χ1v) is 7.69. The zero-order chi connectivity index (χ0) is 14.0. The molecule has 0 bridgehead atoms. The Hall–Kier alpha value is -1.40. The van der Waals surface area contributed by atoms with E-state index in [1.807, 2.05) is 0 Å². The van der Waals surface area contributed by atoms with Crippen LogP contribution in [0.5, 0.6) is 0 Å². The van der Waals surface area contributed by atoms with E-state index in [0.717, 1.165) is 0 Å². The fourth-order valence-corrected chi connectivity index (χ4v) is 3.59. The molecule has 0 amide bonds. The van der Waals surface area contributed by atoms with Crippen molar-refractivity contribution in [3.63, 3.8) is 0 Å². The molecule has 2 rings (SSSR count). The van der Waals surface area contributed by atoms with Crippen LogP contribution in [0.15, 0.2) is 30.5 Å². The lowest BCUT2D eigenvalue weighted by Gasteiger charge is -2.07. The molecule has 0 spiro atoms. The molecule has 0 aliphatic heterocycles. The summed E-state index contributed by atoms with van der Waals surface area (Å²) in [4.78, 5) is 0. The third-order valence-corrected chi connectivity index (χ3v) is 4.53. The average Bonchev–Trinajstić information content (AvgIpc) is 2.69. The molecule has 0 N–H and O–H groups in total. The van der Waals surface area contributed by atoms with Gasteiger partial charge in [0, 0.05) is 23.8 Å². The van der Waals surface area contributed by atoms with Crippen LogP contribution in [0.25, 0.3) is 0 Å². The van der Waals surface area contributed by atoms with Crippen LogP contribution in [0.3, 0.4) is 0 Å². The summed E-state index contributed by atoms with van der Waals surface area (Å²) in [5.41, 5.74) is 0.554. The van der Waals surface area contributed by atoms with E-state index < -0.39 is 21.4 Å². The van der Waals surface area contributed by atoms with Gasteiger partial charge in [-0.1, -0.05) is 17.7 Å². The summed E-state index contributed by atoms with van der Waals surface area (Å²) < 4.78 is 39.2. The SMILES string of the molecule is Cn1nccc1CS(=O)(=O)Cc1c(F)cccc1Cl. The fraction of sp³-hybridized carbons (Fsp3) is 0.250. The maximum absolute atomic E-state index is 13.6. The number of halogens is 2. The number of rotatable bonds is 4. The predicted octanol–water partition coefficient (Wildman–Crippen LogP) is 2.33. The molecule has 0 saturated heterocycles. The van der Waals surface area contributed by atoms with Crippen molar-refractivity contribution in [1.82, 2.24) is 9.78 Å². The highest BCUT2D eigenvalue weighted by Crippen LogP contribution is 2.22. The molecule has 0 unspecified atom stereocenters. The number of benzene rings is 1. The van der Waals surface area contributed by atoms with E-state index in [-0.39, 0.29) is 16.3 Å². The van der Waals surface area contributed by atoms with Crippen molar-refractivity contribution in [2.24, 2.45) is 7.05 Å². The van der Waals surface area contributed by atoms with Crippen LogP contribution in [-0.4, -0.2) is 18.2 Å². The topological polar surface area (TPSA) is 52.0 Å². The first-order chi connectivity index (χ1) is 8.89. The van der Waals surface area contributed by atoms with Crippen LogP contribution in [0, 0.1) is 5.82 Å². The summed E-state index contributed by atoms with van der Waals surface area (Å²) >= 11 is 5.83. The predicted molar refractivity (Wildman–Crippen MR) is 70.9 cm³/mol. The van der Waals surface area contributed by atoms with E-state index in [4.69, 9.17) is 11.6 Å². The average molecular weight is 303 g/mol. The summed E-state index contributed by atoms with van der Waals surface area (Å²) in [6.07, 6.45) is 1.51. The molecule has 7 heteroatoms. The molecule has 2 aromatic rings. The lowest BCUT2D eigenvalue weighted by Crippen LogP contribution is -2.12. The molecular formula is C12H12ClFN2O2S. The Kier molecular flexibility index (Phi) is 3.91. The Morgan fingerprint density at radius 2 is 2.05 bits per heavy atom. The summed E-state index contributed by atoms with van der Waals surface area (Å²) in [6, 6.07) is 5.72. The van der Waals surface area contributed by atoms with Crippen molar-refractivity contribution in [2.45, 2.75) is 11.5 Å². The van der Waals surface area contributed by atoms with Crippen LogP contribution in [-0.2, 0) is 28.4 Å². The molecule has 1 heterocycles. The maximum Gasteiger partial charge on any atom is 0.160 e. The second-order valence-electron chi connectivity index (χ2n) is 4.18. The Labute approximate surface area is 115 Å². The molecule has 0 saturated carbocycles. The van der Waals surface area contributed by atoms with Crippen molar-refractivity contribution in [3.05, 3.63) is 52.6 Å². The number of aromatic nitrogens is 2. The molecular weight excluding hydrogens is 291 g/mol. The zero-order valence-corrected chi connectivity index (χ0v) is 11.7. The van der Waals surface area contributed by atoms with Gasteiger partial charge in [-0.05, 0) is 18.2 Å². The molecule has 0 fully saturated rings. The van der Waals surface area contributed by atoms with Crippen LogP contribution >= 0.6 is 11.6 Å².